The normalized spacial score (nSPS) is 23.8. The molecule has 1 N–H and O–H groups in total. The summed E-state index contributed by atoms with van der Waals surface area (Å²) in [6.45, 7) is 1.12. The van der Waals surface area contributed by atoms with Gasteiger partial charge in [-0.15, -0.1) is 0 Å². The Kier molecular flexibility index (Phi) is 2.57. The van der Waals surface area contributed by atoms with E-state index in [9.17, 15) is 0 Å². The number of guanidine groups is 1. The maximum atomic E-state index is 9.05. The second kappa shape index (κ2) is 3.31. The van der Waals surface area contributed by atoms with Gasteiger partial charge in [0.2, 0.25) is 0 Å². The van der Waals surface area contributed by atoms with Crippen LogP contribution in [-0.2, 0) is 0 Å². The van der Waals surface area contributed by atoms with Gasteiger partial charge >= 0.3 is 5.96 Å². The van der Waals surface area contributed by atoms with E-state index in [0.717, 1.165) is 12.5 Å². The summed E-state index contributed by atoms with van der Waals surface area (Å²) in [5, 5.41) is 9.05. The molecule has 12 heavy (non-hydrogen) atoms. The van der Waals surface area contributed by atoms with E-state index in [1.54, 1.807) is 0 Å². The Bertz CT molecular complexity index is 200. The Balaban J connectivity index is 2.85. The van der Waals surface area contributed by atoms with Crippen LogP contribution in [-0.4, -0.2) is 72.8 Å². The molecule has 0 fully saturated rings. The molecule has 0 saturated carbocycles. The highest BCUT2D eigenvalue weighted by atomic mass is 16.3. The van der Waals surface area contributed by atoms with Gasteiger partial charge in [0.1, 0.15) is 12.6 Å². The Morgan fingerprint density at radius 1 is 1.67 bits per heavy atom. The van der Waals surface area contributed by atoms with Crippen molar-refractivity contribution in [1.82, 2.24) is 9.80 Å². The van der Waals surface area contributed by atoms with Gasteiger partial charge in [-0.05, 0) is 0 Å². The lowest BCUT2D eigenvalue weighted by Crippen LogP contribution is -2.37. The lowest BCUT2D eigenvalue weighted by molar-refractivity contribution is -0.533. The van der Waals surface area contributed by atoms with Crippen molar-refractivity contribution in [2.24, 2.45) is 0 Å². The molecule has 4 heteroatoms. The number of nitrogens with zero attached hydrogens (tertiary/aromatic N) is 3. The molecule has 1 aliphatic heterocycles. The first-order valence-corrected chi connectivity index (χ1v) is 4.17. The van der Waals surface area contributed by atoms with E-state index in [0.29, 0.717) is 0 Å². The molecule has 1 unspecified atom stereocenters. The van der Waals surface area contributed by atoms with Crippen molar-refractivity contribution in [3.8, 4) is 0 Å². The van der Waals surface area contributed by atoms with Gasteiger partial charge in [-0.3, -0.25) is 14.4 Å². The van der Waals surface area contributed by atoms with Gasteiger partial charge in [0.25, 0.3) is 0 Å². The summed E-state index contributed by atoms with van der Waals surface area (Å²) >= 11 is 0. The fraction of sp³-hybridized carbons (Fsp3) is 0.875. The van der Waals surface area contributed by atoms with E-state index in [4.69, 9.17) is 5.11 Å². The van der Waals surface area contributed by atoms with Crippen molar-refractivity contribution >= 4 is 5.96 Å². The summed E-state index contributed by atoms with van der Waals surface area (Å²) in [4.78, 5) is 4.22. The highest BCUT2D eigenvalue weighted by Crippen LogP contribution is 2.06. The number of hydrogen-bond donors (Lipinski definition) is 1. The summed E-state index contributed by atoms with van der Waals surface area (Å²) in [7, 11) is 8.09. The lowest BCUT2D eigenvalue weighted by atomic mass is 10.3. The second-order valence-electron chi connectivity index (χ2n) is 3.52. The molecule has 0 aromatic heterocycles. The third kappa shape index (κ3) is 1.39. The quantitative estimate of drug-likeness (QED) is 0.507. The van der Waals surface area contributed by atoms with Crippen LogP contribution < -0.4 is 0 Å². The fourth-order valence-corrected chi connectivity index (χ4v) is 1.79. The molecule has 1 atom stereocenters. The maximum Gasteiger partial charge on any atom is 0.350 e. The van der Waals surface area contributed by atoms with E-state index in [-0.39, 0.29) is 12.6 Å². The Morgan fingerprint density at radius 3 is 2.50 bits per heavy atom. The zero-order valence-electron chi connectivity index (χ0n) is 8.28. The Hall–Kier alpha value is -0.770. The van der Waals surface area contributed by atoms with E-state index in [1.807, 2.05) is 28.2 Å². The molecule has 4 nitrogen and oxygen atoms in total. The number of aliphatic hydroxyl groups excluding tert-OH is 1. The summed E-state index contributed by atoms with van der Waals surface area (Å²) in [6, 6.07) is 0.243. The van der Waals surface area contributed by atoms with Crippen LogP contribution in [0.5, 0.6) is 0 Å². The zero-order chi connectivity index (χ0) is 9.30. The third-order valence-electron chi connectivity index (χ3n) is 2.30. The second-order valence-corrected chi connectivity index (χ2v) is 3.52. The molecule has 0 amide bonds. The molecule has 0 bridgehead atoms. The van der Waals surface area contributed by atoms with E-state index in [2.05, 4.69) is 14.4 Å². The minimum Gasteiger partial charge on any atom is -0.393 e. The van der Waals surface area contributed by atoms with Crippen LogP contribution in [0.25, 0.3) is 0 Å². The van der Waals surface area contributed by atoms with Gasteiger partial charge in [-0.1, -0.05) is 0 Å². The minimum absolute atomic E-state index is 0.220. The van der Waals surface area contributed by atoms with Crippen molar-refractivity contribution in [3.63, 3.8) is 0 Å². The van der Waals surface area contributed by atoms with E-state index in [1.165, 1.54) is 0 Å². The van der Waals surface area contributed by atoms with Crippen LogP contribution >= 0.6 is 0 Å². The van der Waals surface area contributed by atoms with Gasteiger partial charge in [-0.25, -0.2) is 0 Å². The smallest absolute Gasteiger partial charge is 0.350 e. The first kappa shape index (κ1) is 9.32. The van der Waals surface area contributed by atoms with Gasteiger partial charge in [0.05, 0.1) is 34.8 Å². The molecule has 70 valence electrons. The van der Waals surface area contributed by atoms with E-state index < -0.39 is 0 Å². The predicted octanol–water partition coefficient (Wildman–Crippen LogP) is -1.15. The van der Waals surface area contributed by atoms with Crippen LogP contribution in [0.2, 0.25) is 0 Å². The summed E-state index contributed by atoms with van der Waals surface area (Å²) < 4.78 is 2.11. The number of likely N-dealkylation sites (N-methyl/N-ethyl adjacent to an activating group) is 2. The first-order valence-electron chi connectivity index (χ1n) is 4.17. The fourth-order valence-electron chi connectivity index (χ4n) is 1.79. The van der Waals surface area contributed by atoms with Gasteiger partial charge in [0, 0.05) is 0 Å². The topological polar surface area (TPSA) is 29.7 Å². The minimum atomic E-state index is 0.220. The molecule has 0 radical (unpaired) electrons. The molecular formula is C8H18N3O+. The summed E-state index contributed by atoms with van der Waals surface area (Å²) in [5.41, 5.74) is 0. The molecule has 1 heterocycles. The van der Waals surface area contributed by atoms with E-state index >= 15 is 0 Å². The largest absolute Gasteiger partial charge is 0.393 e. The van der Waals surface area contributed by atoms with Crippen LogP contribution in [0.4, 0.5) is 0 Å². The number of aliphatic hydroxyl groups is 1. The molecule has 1 rings (SSSR count). The highest BCUT2D eigenvalue weighted by molar-refractivity contribution is 5.75. The SMILES string of the molecule is CN(C)C1=[N+](C)C(CO)CN1C. The van der Waals surface area contributed by atoms with Crippen LogP contribution in [0.15, 0.2) is 0 Å². The highest BCUT2D eigenvalue weighted by Gasteiger charge is 2.33. The Morgan fingerprint density at radius 2 is 2.25 bits per heavy atom. The standard InChI is InChI=1S/C8H18N3O/c1-9(2)8-10(3)5-7(6-12)11(8)4/h7,12H,5-6H2,1-4H3/q+1. The zero-order valence-corrected chi connectivity index (χ0v) is 8.28. The number of hydrogen-bond acceptors (Lipinski definition) is 3. The van der Waals surface area contributed by atoms with Crippen molar-refractivity contribution in [1.29, 1.82) is 0 Å². The molecule has 0 saturated heterocycles. The van der Waals surface area contributed by atoms with Gasteiger partial charge in [-0.2, -0.15) is 0 Å². The van der Waals surface area contributed by atoms with Crippen LogP contribution in [0.3, 0.4) is 0 Å². The monoisotopic (exact) mass is 172 g/mol. The van der Waals surface area contributed by atoms with Crippen molar-refractivity contribution in [3.05, 3.63) is 0 Å². The average molecular weight is 172 g/mol. The number of rotatable bonds is 1. The van der Waals surface area contributed by atoms with Gasteiger partial charge < -0.3 is 5.11 Å². The van der Waals surface area contributed by atoms with Crippen LogP contribution in [0, 0.1) is 0 Å². The third-order valence-corrected chi connectivity index (χ3v) is 2.30. The Labute approximate surface area is 73.7 Å². The molecular weight excluding hydrogens is 154 g/mol. The molecule has 0 aliphatic carbocycles. The molecule has 1 aliphatic rings. The predicted molar refractivity (Wildman–Crippen MR) is 48.4 cm³/mol. The lowest BCUT2D eigenvalue weighted by Gasteiger charge is -2.12. The van der Waals surface area contributed by atoms with Crippen molar-refractivity contribution < 1.29 is 9.68 Å². The van der Waals surface area contributed by atoms with Crippen LogP contribution in [0.1, 0.15) is 0 Å². The maximum absolute atomic E-state index is 9.05. The molecule has 0 aromatic carbocycles. The van der Waals surface area contributed by atoms with Gasteiger partial charge in [0.15, 0.2) is 0 Å². The average Bonchev–Trinajstić information content (AvgIpc) is 2.25. The summed E-state index contributed by atoms with van der Waals surface area (Å²) in [6.07, 6.45) is 0. The first-order chi connectivity index (χ1) is 5.57. The van der Waals surface area contributed by atoms with Crippen molar-refractivity contribution in [2.75, 3.05) is 41.3 Å². The molecule has 0 aromatic rings. The molecule has 0 spiro atoms. The summed E-state index contributed by atoms with van der Waals surface area (Å²) in [5.74, 6) is 1.16. The van der Waals surface area contributed by atoms with Crippen molar-refractivity contribution in [2.45, 2.75) is 6.04 Å².